The second kappa shape index (κ2) is 19.2. The van der Waals surface area contributed by atoms with Crippen molar-refractivity contribution in [1.29, 1.82) is 0 Å². The van der Waals surface area contributed by atoms with Crippen molar-refractivity contribution in [3.8, 4) is 0 Å². The van der Waals surface area contributed by atoms with Crippen LogP contribution in [0, 0.1) is 0 Å². The minimum atomic E-state index is -1.82. The van der Waals surface area contributed by atoms with Crippen LogP contribution < -0.4 is 0 Å². The van der Waals surface area contributed by atoms with Gasteiger partial charge in [-0.3, -0.25) is 0 Å². The molecular formula is C23H40O7. The van der Waals surface area contributed by atoms with Gasteiger partial charge in [0, 0.05) is 11.6 Å². The van der Waals surface area contributed by atoms with Crippen molar-refractivity contribution >= 4 is 17.9 Å². The number of hydrogen-bond donors (Lipinski definition) is 3. The number of aliphatic carboxylic acids is 1. The van der Waals surface area contributed by atoms with E-state index in [1.54, 1.807) is 0 Å². The zero-order valence-corrected chi connectivity index (χ0v) is 18.4. The van der Waals surface area contributed by atoms with Crippen molar-refractivity contribution in [3.63, 3.8) is 0 Å². The number of rotatable bonds is 19. The molecule has 0 spiro atoms. The highest BCUT2D eigenvalue weighted by Gasteiger charge is 2.22. The van der Waals surface area contributed by atoms with Gasteiger partial charge in [0.25, 0.3) is 0 Å². The number of ether oxygens (including phenoxy) is 1. The van der Waals surface area contributed by atoms with Gasteiger partial charge in [0.15, 0.2) is 6.10 Å². The highest BCUT2D eigenvalue weighted by molar-refractivity contribution is 6.00. The van der Waals surface area contributed by atoms with E-state index in [-0.39, 0.29) is 12.0 Å². The molecule has 1 unspecified atom stereocenters. The maximum absolute atomic E-state index is 11.9. The van der Waals surface area contributed by atoms with E-state index in [0.717, 1.165) is 25.3 Å². The molecule has 0 aliphatic heterocycles. The first-order valence-electron chi connectivity index (χ1n) is 11.4. The van der Waals surface area contributed by atoms with E-state index in [1.165, 1.54) is 64.2 Å². The molecule has 174 valence electrons. The normalized spacial score (nSPS) is 12.6. The number of esters is 2. The second-order valence-corrected chi connectivity index (χ2v) is 7.76. The van der Waals surface area contributed by atoms with E-state index in [4.69, 9.17) is 15.3 Å². The summed E-state index contributed by atoms with van der Waals surface area (Å²) in [5.41, 5.74) is -0.125. The van der Waals surface area contributed by atoms with E-state index in [1.807, 2.05) is 0 Å². The minimum absolute atomic E-state index is 0.125. The fraction of sp³-hybridized carbons (Fsp3) is 0.783. The van der Waals surface area contributed by atoms with Crippen LogP contribution in [-0.2, 0) is 19.1 Å². The summed E-state index contributed by atoms with van der Waals surface area (Å²) in [6, 6.07) is 0. The monoisotopic (exact) mass is 428 g/mol. The summed E-state index contributed by atoms with van der Waals surface area (Å²) >= 11 is 0. The Kier molecular flexibility index (Phi) is 18.1. The zero-order valence-electron chi connectivity index (χ0n) is 18.4. The van der Waals surface area contributed by atoms with Crippen LogP contribution >= 0.6 is 0 Å². The lowest BCUT2D eigenvalue weighted by atomic mass is 10.0. The van der Waals surface area contributed by atoms with Gasteiger partial charge in [0.2, 0.25) is 0 Å². The molecule has 30 heavy (non-hydrogen) atoms. The van der Waals surface area contributed by atoms with Crippen molar-refractivity contribution in [3.05, 3.63) is 11.6 Å². The molecule has 0 aliphatic carbocycles. The third-order valence-corrected chi connectivity index (χ3v) is 5.00. The van der Waals surface area contributed by atoms with Crippen molar-refractivity contribution in [2.24, 2.45) is 0 Å². The number of carbonyl (C=O) groups is 3. The molecule has 0 fully saturated rings. The highest BCUT2D eigenvalue weighted by Crippen LogP contribution is 2.16. The Morgan fingerprint density at radius 3 is 1.63 bits per heavy atom. The van der Waals surface area contributed by atoms with Crippen LogP contribution in [0.25, 0.3) is 0 Å². The van der Waals surface area contributed by atoms with Gasteiger partial charge in [-0.2, -0.15) is 0 Å². The van der Waals surface area contributed by atoms with Gasteiger partial charge in [-0.25, -0.2) is 14.4 Å². The number of carbonyl (C=O) groups excluding carboxylic acids is 2. The fourth-order valence-corrected chi connectivity index (χ4v) is 3.19. The van der Waals surface area contributed by atoms with Gasteiger partial charge in [0.05, 0.1) is 6.61 Å². The van der Waals surface area contributed by atoms with Crippen molar-refractivity contribution in [1.82, 2.24) is 0 Å². The number of aliphatic hydroxyl groups is 2. The molecule has 0 bridgehead atoms. The van der Waals surface area contributed by atoms with Gasteiger partial charge >= 0.3 is 17.9 Å². The third kappa shape index (κ3) is 16.1. The molecule has 3 N–H and O–H groups in total. The van der Waals surface area contributed by atoms with E-state index < -0.39 is 30.6 Å². The molecule has 0 radical (unpaired) electrons. The molecule has 0 saturated heterocycles. The first-order chi connectivity index (χ1) is 14.4. The van der Waals surface area contributed by atoms with Crippen LogP contribution in [0.4, 0.5) is 0 Å². The number of carboxylic acids is 1. The van der Waals surface area contributed by atoms with Crippen LogP contribution in [0.2, 0.25) is 0 Å². The summed E-state index contributed by atoms with van der Waals surface area (Å²) in [7, 11) is 0. The predicted octanol–water partition coefficient (Wildman–Crippen LogP) is 4.29. The molecule has 0 heterocycles. The summed E-state index contributed by atoms with van der Waals surface area (Å²) in [5, 5.41) is 26.7. The van der Waals surface area contributed by atoms with Gasteiger partial charge in [-0.05, 0) is 12.8 Å². The summed E-state index contributed by atoms with van der Waals surface area (Å²) in [6.45, 7) is 1.36. The predicted molar refractivity (Wildman–Crippen MR) is 115 cm³/mol. The van der Waals surface area contributed by atoms with Crippen molar-refractivity contribution < 1.29 is 34.4 Å². The SMILES string of the molecule is CCCCCCCCCCCCCCCC/C(=C/C(=O)O)C(=O)OC(=O)C(O)CO. The lowest BCUT2D eigenvalue weighted by Gasteiger charge is -2.09. The Hall–Kier alpha value is -1.73. The molecule has 0 aromatic carbocycles. The molecule has 0 aliphatic rings. The Morgan fingerprint density at radius 1 is 0.800 bits per heavy atom. The average Bonchev–Trinajstić information content (AvgIpc) is 2.71. The van der Waals surface area contributed by atoms with Crippen molar-refractivity contribution in [2.45, 2.75) is 109 Å². The van der Waals surface area contributed by atoms with Gasteiger partial charge in [-0.15, -0.1) is 0 Å². The van der Waals surface area contributed by atoms with Crippen LogP contribution in [0.15, 0.2) is 11.6 Å². The second-order valence-electron chi connectivity index (χ2n) is 7.76. The molecule has 0 rings (SSSR count). The average molecular weight is 429 g/mol. The molecule has 1 atom stereocenters. The molecule has 0 aromatic rings. The summed E-state index contributed by atoms with van der Waals surface area (Å²) in [4.78, 5) is 34.1. The van der Waals surface area contributed by atoms with Crippen molar-refractivity contribution in [2.75, 3.05) is 6.61 Å². The van der Waals surface area contributed by atoms with E-state index in [2.05, 4.69) is 11.7 Å². The Bertz CT molecular complexity index is 514. The first kappa shape index (κ1) is 28.3. The number of carboxylic acid groups (broad SMARTS) is 1. The molecule has 0 saturated carbocycles. The molecule has 7 heteroatoms. The van der Waals surface area contributed by atoms with Gasteiger partial charge < -0.3 is 20.1 Å². The summed E-state index contributed by atoms with van der Waals surface area (Å²) in [6.07, 6.45) is 15.7. The molecule has 7 nitrogen and oxygen atoms in total. The largest absolute Gasteiger partial charge is 0.478 e. The van der Waals surface area contributed by atoms with E-state index >= 15 is 0 Å². The maximum atomic E-state index is 11.9. The number of unbranched alkanes of at least 4 members (excludes halogenated alkanes) is 13. The van der Waals surface area contributed by atoms with E-state index in [9.17, 15) is 14.4 Å². The first-order valence-corrected chi connectivity index (χ1v) is 11.4. The minimum Gasteiger partial charge on any atom is -0.478 e. The molecule has 0 aromatic heterocycles. The van der Waals surface area contributed by atoms with Gasteiger partial charge in [0.1, 0.15) is 0 Å². The standard InChI is InChI=1S/C23H40O7/c1-2-3-4-5-6-7-8-9-10-11-12-13-14-15-16-19(17-21(26)27)22(28)30-23(29)20(25)18-24/h17,20,24-25H,2-16,18H2,1H3,(H,26,27)/b19-17-. The smallest absolute Gasteiger partial charge is 0.345 e. The summed E-state index contributed by atoms with van der Waals surface area (Å²) < 4.78 is 4.42. The Labute approximate surface area is 180 Å². The lowest BCUT2D eigenvalue weighted by Crippen LogP contribution is -2.29. The number of aliphatic hydroxyl groups excluding tert-OH is 2. The van der Waals surface area contributed by atoms with Gasteiger partial charge in [-0.1, -0.05) is 90.4 Å². The topological polar surface area (TPSA) is 121 Å². The lowest BCUT2D eigenvalue weighted by molar-refractivity contribution is -0.165. The molecule has 0 amide bonds. The number of hydrogen-bond acceptors (Lipinski definition) is 6. The fourth-order valence-electron chi connectivity index (χ4n) is 3.19. The quantitative estimate of drug-likeness (QED) is 0.121. The van der Waals surface area contributed by atoms with E-state index in [0.29, 0.717) is 6.42 Å². The zero-order chi connectivity index (χ0) is 22.6. The summed E-state index contributed by atoms with van der Waals surface area (Å²) in [5.74, 6) is -3.69. The van der Waals surface area contributed by atoms with Crippen LogP contribution in [-0.4, -0.2) is 45.9 Å². The Morgan fingerprint density at radius 2 is 1.23 bits per heavy atom. The highest BCUT2D eigenvalue weighted by atomic mass is 16.6. The molecular weight excluding hydrogens is 388 g/mol. The maximum Gasteiger partial charge on any atom is 0.345 e. The van der Waals surface area contributed by atoms with Crippen LogP contribution in [0.3, 0.4) is 0 Å². The van der Waals surface area contributed by atoms with Crippen LogP contribution in [0.5, 0.6) is 0 Å². The van der Waals surface area contributed by atoms with Crippen LogP contribution in [0.1, 0.15) is 103 Å². The Balaban J connectivity index is 3.87. The third-order valence-electron chi connectivity index (χ3n) is 5.00.